The average molecular weight is 484 g/mol. The Labute approximate surface area is 189 Å². The molecule has 0 fully saturated rings. The van der Waals surface area contributed by atoms with E-state index in [0.29, 0.717) is 35.1 Å². The van der Waals surface area contributed by atoms with Crippen LogP contribution in [0, 0.1) is 0 Å². The van der Waals surface area contributed by atoms with Crippen LogP contribution in [0.1, 0.15) is 12.5 Å². The lowest BCUT2D eigenvalue weighted by atomic mass is 10.0. The highest BCUT2D eigenvalue weighted by molar-refractivity contribution is 9.10. The second-order valence-corrected chi connectivity index (χ2v) is 7.55. The molecule has 2 aromatic carbocycles. The van der Waals surface area contributed by atoms with Gasteiger partial charge >= 0.3 is 5.97 Å². The predicted octanol–water partition coefficient (Wildman–Crippen LogP) is 4.90. The van der Waals surface area contributed by atoms with Gasteiger partial charge in [-0.05, 0) is 55.0 Å². The zero-order valence-electron chi connectivity index (χ0n) is 17.5. The van der Waals surface area contributed by atoms with Crippen LogP contribution in [-0.2, 0) is 14.3 Å². The van der Waals surface area contributed by atoms with Crippen molar-refractivity contribution in [3.63, 3.8) is 0 Å². The van der Waals surface area contributed by atoms with E-state index in [2.05, 4.69) is 22.5 Å². The molecular formula is C24H22BrNO5. The zero-order valence-corrected chi connectivity index (χ0v) is 19.1. The Bertz CT molecular complexity index is 1090. The van der Waals surface area contributed by atoms with E-state index in [1.807, 2.05) is 12.1 Å². The van der Waals surface area contributed by atoms with Crippen molar-refractivity contribution >= 4 is 39.6 Å². The molecule has 0 saturated heterocycles. The number of carbonyl (C=O) groups excluding carboxylic acids is 2. The molecule has 1 amide bonds. The molecule has 7 heteroatoms. The van der Waals surface area contributed by atoms with Crippen molar-refractivity contribution in [1.29, 1.82) is 0 Å². The molecule has 1 heterocycles. The largest absolute Gasteiger partial charge is 0.493 e. The zero-order chi connectivity index (χ0) is 22.5. The Morgan fingerprint density at radius 2 is 1.84 bits per heavy atom. The molecule has 31 heavy (non-hydrogen) atoms. The fraction of sp³-hybridized carbons (Fsp3) is 0.167. The molecule has 0 bridgehead atoms. The molecule has 0 aromatic heterocycles. The van der Waals surface area contributed by atoms with Gasteiger partial charge in [0.15, 0.2) is 11.5 Å². The third-order valence-corrected chi connectivity index (χ3v) is 5.26. The molecule has 0 atom stereocenters. The van der Waals surface area contributed by atoms with E-state index in [1.165, 1.54) is 19.1 Å². The summed E-state index contributed by atoms with van der Waals surface area (Å²) in [5, 5.41) is 0. The molecule has 3 rings (SSSR count). The van der Waals surface area contributed by atoms with Gasteiger partial charge < -0.3 is 14.2 Å². The Kier molecular flexibility index (Phi) is 6.97. The monoisotopic (exact) mass is 483 g/mol. The van der Waals surface area contributed by atoms with Gasteiger partial charge in [0.2, 0.25) is 0 Å². The predicted molar refractivity (Wildman–Crippen MR) is 123 cm³/mol. The van der Waals surface area contributed by atoms with Crippen LogP contribution in [0.15, 0.2) is 76.4 Å². The summed E-state index contributed by atoms with van der Waals surface area (Å²) in [5.74, 6) is 0.172. The minimum absolute atomic E-state index is 0.223. The number of halogens is 1. The second-order valence-electron chi connectivity index (χ2n) is 6.64. The van der Waals surface area contributed by atoms with Crippen LogP contribution >= 0.6 is 15.9 Å². The van der Waals surface area contributed by atoms with Gasteiger partial charge in [-0.25, -0.2) is 4.79 Å². The van der Waals surface area contributed by atoms with Crippen molar-refractivity contribution in [1.82, 2.24) is 0 Å². The molecule has 0 radical (unpaired) electrons. The van der Waals surface area contributed by atoms with E-state index in [-0.39, 0.29) is 17.1 Å². The third kappa shape index (κ3) is 4.56. The van der Waals surface area contributed by atoms with Crippen LogP contribution in [0.3, 0.4) is 0 Å². The Hall–Kier alpha value is -3.32. The van der Waals surface area contributed by atoms with Crippen molar-refractivity contribution in [3.05, 3.63) is 82.0 Å². The fourth-order valence-corrected chi connectivity index (χ4v) is 3.55. The van der Waals surface area contributed by atoms with E-state index in [4.69, 9.17) is 14.2 Å². The summed E-state index contributed by atoms with van der Waals surface area (Å²) in [6, 6.07) is 12.6. The molecule has 1 aliphatic heterocycles. The maximum absolute atomic E-state index is 13.3. The minimum Gasteiger partial charge on any atom is -0.493 e. The van der Waals surface area contributed by atoms with Gasteiger partial charge in [0.1, 0.15) is 6.61 Å². The summed E-state index contributed by atoms with van der Waals surface area (Å²) >= 11 is 3.39. The maximum Gasteiger partial charge on any atom is 0.340 e. The lowest BCUT2D eigenvalue weighted by molar-refractivity contribution is -0.136. The summed E-state index contributed by atoms with van der Waals surface area (Å²) in [4.78, 5) is 27.4. The van der Waals surface area contributed by atoms with Gasteiger partial charge in [-0.1, -0.05) is 34.7 Å². The lowest BCUT2D eigenvalue weighted by Gasteiger charge is -2.18. The Morgan fingerprint density at radius 3 is 2.45 bits per heavy atom. The first kappa shape index (κ1) is 22.4. The number of ether oxygens (including phenoxy) is 3. The molecule has 0 N–H and O–H groups in total. The first-order chi connectivity index (χ1) is 14.9. The van der Waals surface area contributed by atoms with Crippen LogP contribution in [0.4, 0.5) is 5.69 Å². The van der Waals surface area contributed by atoms with E-state index >= 15 is 0 Å². The summed E-state index contributed by atoms with van der Waals surface area (Å²) in [7, 11) is 2.83. The van der Waals surface area contributed by atoms with Gasteiger partial charge in [-0.3, -0.25) is 9.69 Å². The molecule has 0 saturated carbocycles. The van der Waals surface area contributed by atoms with Crippen molar-refractivity contribution < 1.29 is 23.8 Å². The number of carbonyl (C=O) groups is 2. The lowest BCUT2D eigenvalue weighted by Crippen LogP contribution is -2.24. The smallest absolute Gasteiger partial charge is 0.340 e. The highest BCUT2D eigenvalue weighted by atomic mass is 79.9. The number of benzene rings is 2. The Balaban J connectivity index is 2.07. The number of hydrogen-bond donors (Lipinski definition) is 0. The average Bonchev–Trinajstić information content (AvgIpc) is 3.02. The normalized spacial score (nSPS) is 14.8. The van der Waals surface area contributed by atoms with Crippen LogP contribution in [-0.4, -0.2) is 32.7 Å². The molecule has 0 spiro atoms. The van der Waals surface area contributed by atoms with Crippen LogP contribution in [0.25, 0.3) is 6.08 Å². The van der Waals surface area contributed by atoms with Crippen molar-refractivity contribution in [2.24, 2.45) is 0 Å². The second kappa shape index (κ2) is 9.66. The van der Waals surface area contributed by atoms with Crippen molar-refractivity contribution in [2.75, 3.05) is 25.7 Å². The van der Waals surface area contributed by atoms with E-state index < -0.39 is 5.97 Å². The number of hydrogen-bond acceptors (Lipinski definition) is 5. The van der Waals surface area contributed by atoms with Crippen LogP contribution < -0.4 is 14.4 Å². The number of nitrogens with zero attached hydrogens (tertiary/aromatic N) is 1. The van der Waals surface area contributed by atoms with Gasteiger partial charge in [-0.15, -0.1) is 0 Å². The minimum atomic E-state index is -0.574. The van der Waals surface area contributed by atoms with Crippen molar-refractivity contribution in [3.8, 4) is 11.5 Å². The quantitative estimate of drug-likeness (QED) is 0.318. The molecule has 1 aliphatic rings. The van der Waals surface area contributed by atoms with Crippen LogP contribution in [0.5, 0.6) is 11.5 Å². The summed E-state index contributed by atoms with van der Waals surface area (Å²) in [6.07, 6.45) is 3.29. The van der Waals surface area contributed by atoms with Gasteiger partial charge in [0, 0.05) is 15.9 Å². The van der Waals surface area contributed by atoms with Gasteiger partial charge in [0.05, 0.1) is 25.4 Å². The molecular weight excluding hydrogens is 462 g/mol. The molecule has 2 aromatic rings. The van der Waals surface area contributed by atoms with Gasteiger partial charge in [-0.2, -0.15) is 0 Å². The standard InChI is InChI=1S/C24H22BrNO5/c1-5-12-31-20-11-6-16(14-21(20)29-3)13-19-22(24(28)30-4)15(2)26(23(19)27)18-9-7-17(25)8-10-18/h5-11,13-14H,1,12H2,2-4H3. The number of esters is 1. The van der Waals surface area contributed by atoms with Crippen molar-refractivity contribution in [2.45, 2.75) is 6.92 Å². The van der Waals surface area contributed by atoms with E-state index in [0.717, 1.165) is 4.47 Å². The fourth-order valence-electron chi connectivity index (χ4n) is 3.29. The first-order valence-electron chi connectivity index (χ1n) is 9.44. The third-order valence-electron chi connectivity index (χ3n) is 4.73. The number of amides is 1. The molecule has 6 nitrogen and oxygen atoms in total. The summed E-state index contributed by atoms with van der Waals surface area (Å²) in [6.45, 7) is 5.69. The SMILES string of the molecule is C=CCOc1ccc(C=C2C(=O)N(c3ccc(Br)cc3)C(C)=C2C(=O)OC)cc1OC. The number of allylic oxidation sites excluding steroid dienone is 1. The highest BCUT2D eigenvalue weighted by Gasteiger charge is 2.37. The van der Waals surface area contributed by atoms with Gasteiger partial charge in [0.25, 0.3) is 5.91 Å². The molecule has 0 aliphatic carbocycles. The number of rotatable bonds is 7. The van der Waals surface area contributed by atoms with Crippen LogP contribution in [0.2, 0.25) is 0 Å². The number of methoxy groups -OCH3 is 2. The van der Waals surface area contributed by atoms with E-state index in [9.17, 15) is 9.59 Å². The van der Waals surface area contributed by atoms with E-state index in [1.54, 1.807) is 49.4 Å². The first-order valence-corrected chi connectivity index (χ1v) is 10.2. The Morgan fingerprint density at radius 1 is 1.13 bits per heavy atom. The summed E-state index contributed by atoms with van der Waals surface area (Å²) in [5.41, 5.74) is 2.30. The number of anilines is 1. The molecule has 0 unspecified atom stereocenters. The summed E-state index contributed by atoms with van der Waals surface area (Å²) < 4.78 is 16.8. The maximum atomic E-state index is 13.3. The topological polar surface area (TPSA) is 65.1 Å². The highest BCUT2D eigenvalue weighted by Crippen LogP contribution is 2.37. The molecule has 160 valence electrons.